The molecule has 3 rings (SSSR count). The molecule has 136 valence electrons. The van der Waals surface area contributed by atoms with E-state index in [1.807, 2.05) is 55.5 Å². The normalized spacial score (nSPS) is 22.5. The van der Waals surface area contributed by atoms with Crippen molar-refractivity contribution in [2.24, 2.45) is 5.92 Å². The van der Waals surface area contributed by atoms with Crippen LogP contribution in [-0.4, -0.2) is 28.9 Å². The Kier molecular flexibility index (Phi) is 4.93. The summed E-state index contributed by atoms with van der Waals surface area (Å²) in [7, 11) is 1.59. The van der Waals surface area contributed by atoms with Gasteiger partial charge in [-0.25, -0.2) is 0 Å². The minimum Gasteiger partial charge on any atom is -0.497 e. The summed E-state index contributed by atoms with van der Waals surface area (Å²) < 4.78 is 5.16. The minimum absolute atomic E-state index is 0.187. The third kappa shape index (κ3) is 3.27. The Labute approximate surface area is 152 Å². The largest absolute Gasteiger partial charge is 0.497 e. The topological polar surface area (TPSA) is 72.7 Å². The number of aryl methyl sites for hydroxylation is 1. The van der Waals surface area contributed by atoms with E-state index in [0.29, 0.717) is 6.54 Å². The van der Waals surface area contributed by atoms with Gasteiger partial charge in [0.15, 0.2) is 0 Å². The molecule has 0 radical (unpaired) electrons. The second-order valence-corrected chi connectivity index (χ2v) is 6.73. The molecule has 0 aromatic heterocycles. The van der Waals surface area contributed by atoms with Crippen LogP contribution in [-0.2, 0) is 11.3 Å². The molecule has 1 amide bonds. The molecule has 3 atom stereocenters. The van der Waals surface area contributed by atoms with Gasteiger partial charge < -0.3 is 9.64 Å². The smallest absolute Gasteiger partial charge is 0.248 e. The zero-order chi connectivity index (χ0) is 18.8. The summed E-state index contributed by atoms with van der Waals surface area (Å²) in [6.45, 7) is 3.94. The number of hydrogen-bond acceptors (Lipinski definition) is 4. The van der Waals surface area contributed by atoms with Crippen molar-refractivity contribution in [2.45, 2.75) is 32.5 Å². The van der Waals surface area contributed by atoms with Crippen LogP contribution in [0.25, 0.3) is 0 Å². The van der Waals surface area contributed by atoms with Crippen LogP contribution in [0.4, 0.5) is 0 Å². The van der Waals surface area contributed by atoms with E-state index in [4.69, 9.17) is 4.74 Å². The molecule has 0 N–H and O–H groups in total. The summed E-state index contributed by atoms with van der Waals surface area (Å²) in [6.07, 6.45) is 0. The SMILES string of the molecule is COc1ccc(CN2C(=O)[C@@H](C)[C@H]([N+](=O)[O-])[C@H]2c2ccc(C)cc2)cc1. The van der Waals surface area contributed by atoms with Crippen molar-refractivity contribution in [3.8, 4) is 5.75 Å². The second kappa shape index (κ2) is 7.15. The number of nitrogens with zero attached hydrogens (tertiary/aromatic N) is 2. The van der Waals surface area contributed by atoms with Gasteiger partial charge in [0.25, 0.3) is 0 Å². The number of rotatable bonds is 5. The Morgan fingerprint density at radius 3 is 2.27 bits per heavy atom. The Bertz CT molecular complexity index is 802. The van der Waals surface area contributed by atoms with Crippen molar-refractivity contribution in [1.29, 1.82) is 0 Å². The van der Waals surface area contributed by atoms with E-state index in [-0.39, 0.29) is 10.8 Å². The molecule has 0 saturated carbocycles. The van der Waals surface area contributed by atoms with Gasteiger partial charge in [-0.05, 0) is 37.1 Å². The molecule has 26 heavy (non-hydrogen) atoms. The lowest BCUT2D eigenvalue weighted by atomic mass is 9.94. The highest BCUT2D eigenvalue weighted by Gasteiger charge is 2.53. The van der Waals surface area contributed by atoms with Gasteiger partial charge in [0.2, 0.25) is 11.9 Å². The van der Waals surface area contributed by atoms with Crippen LogP contribution < -0.4 is 4.74 Å². The number of likely N-dealkylation sites (tertiary alicyclic amines) is 1. The van der Waals surface area contributed by atoms with Gasteiger partial charge in [0, 0.05) is 11.5 Å². The van der Waals surface area contributed by atoms with Gasteiger partial charge in [-0.1, -0.05) is 42.0 Å². The van der Waals surface area contributed by atoms with Crippen molar-refractivity contribution in [2.75, 3.05) is 7.11 Å². The van der Waals surface area contributed by atoms with Gasteiger partial charge in [-0.3, -0.25) is 14.9 Å². The van der Waals surface area contributed by atoms with Crippen molar-refractivity contribution >= 4 is 5.91 Å². The number of carbonyl (C=O) groups is 1. The van der Waals surface area contributed by atoms with Crippen LogP contribution in [0.1, 0.15) is 29.7 Å². The number of benzene rings is 2. The van der Waals surface area contributed by atoms with E-state index in [9.17, 15) is 14.9 Å². The summed E-state index contributed by atoms with van der Waals surface area (Å²) in [6, 6.07) is 13.5. The average Bonchev–Trinajstić information content (AvgIpc) is 2.88. The van der Waals surface area contributed by atoms with Gasteiger partial charge >= 0.3 is 0 Å². The number of carbonyl (C=O) groups excluding carboxylic acids is 1. The lowest BCUT2D eigenvalue weighted by Crippen LogP contribution is -2.32. The minimum atomic E-state index is -0.955. The number of amides is 1. The zero-order valence-electron chi connectivity index (χ0n) is 15.1. The molecular weight excluding hydrogens is 332 g/mol. The molecule has 0 spiro atoms. The maximum absolute atomic E-state index is 12.8. The van der Waals surface area contributed by atoms with E-state index in [1.54, 1.807) is 18.9 Å². The third-order valence-electron chi connectivity index (χ3n) is 5.02. The molecule has 6 nitrogen and oxygen atoms in total. The van der Waals surface area contributed by atoms with Crippen molar-refractivity contribution in [1.82, 2.24) is 4.90 Å². The molecule has 0 bridgehead atoms. The Morgan fingerprint density at radius 1 is 1.12 bits per heavy atom. The van der Waals surface area contributed by atoms with Crippen LogP contribution in [0.5, 0.6) is 5.75 Å². The monoisotopic (exact) mass is 354 g/mol. The Morgan fingerprint density at radius 2 is 1.73 bits per heavy atom. The lowest BCUT2D eigenvalue weighted by Gasteiger charge is -2.25. The van der Waals surface area contributed by atoms with E-state index in [1.165, 1.54) is 0 Å². The third-order valence-corrected chi connectivity index (χ3v) is 5.02. The number of hydrogen-bond donors (Lipinski definition) is 0. The Hall–Kier alpha value is -2.89. The summed E-state index contributed by atoms with van der Waals surface area (Å²) >= 11 is 0. The summed E-state index contributed by atoms with van der Waals surface area (Å²) in [5, 5.41) is 11.7. The van der Waals surface area contributed by atoms with Gasteiger partial charge in [-0.2, -0.15) is 0 Å². The van der Waals surface area contributed by atoms with Crippen LogP contribution >= 0.6 is 0 Å². The van der Waals surface area contributed by atoms with Crippen molar-refractivity contribution in [3.05, 3.63) is 75.3 Å². The predicted octanol–water partition coefficient (Wildman–Crippen LogP) is 3.37. The molecule has 1 fully saturated rings. The lowest BCUT2D eigenvalue weighted by molar-refractivity contribution is -0.532. The van der Waals surface area contributed by atoms with Crippen molar-refractivity contribution < 1.29 is 14.5 Å². The standard InChI is InChI=1S/C20H22N2O4/c1-13-4-8-16(9-5-13)19-18(22(24)25)14(2)20(23)21(19)12-15-6-10-17(26-3)11-7-15/h4-11,14,18-19H,12H2,1-3H3/t14-,18-,19+/m0/s1. The molecule has 0 unspecified atom stereocenters. The molecule has 1 heterocycles. The molecule has 2 aromatic rings. The quantitative estimate of drug-likeness (QED) is 0.609. The summed E-state index contributed by atoms with van der Waals surface area (Å²) in [5.74, 6) is -0.115. The van der Waals surface area contributed by atoms with Crippen LogP contribution in [0.3, 0.4) is 0 Å². The first kappa shape index (κ1) is 17.9. The fourth-order valence-corrected chi connectivity index (χ4v) is 3.55. The van der Waals surface area contributed by atoms with Gasteiger partial charge in [0.05, 0.1) is 7.11 Å². The predicted molar refractivity (Wildman–Crippen MR) is 97.4 cm³/mol. The van der Waals surface area contributed by atoms with Crippen LogP contribution in [0.2, 0.25) is 0 Å². The fraction of sp³-hybridized carbons (Fsp3) is 0.350. The maximum atomic E-state index is 12.8. The fourth-order valence-electron chi connectivity index (χ4n) is 3.55. The van der Waals surface area contributed by atoms with Gasteiger partial charge in [0.1, 0.15) is 17.7 Å². The molecule has 2 aromatic carbocycles. The highest BCUT2D eigenvalue weighted by atomic mass is 16.6. The first-order valence-electron chi connectivity index (χ1n) is 8.56. The molecule has 6 heteroatoms. The number of nitro groups is 1. The average molecular weight is 354 g/mol. The van der Waals surface area contributed by atoms with E-state index in [0.717, 1.165) is 22.4 Å². The second-order valence-electron chi connectivity index (χ2n) is 6.73. The summed E-state index contributed by atoms with van der Waals surface area (Å²) in [4.78, 5) is 25.8. The maximum Gasteiger partial charge on any atom is 0.248 e. The summed E-state index contributed by atoms with van der Waals surface area (Å²) in [5.41, 5.74) is 2.78. The van der Waals surface area contributed by atoms with E-state index >= 15 is 0 Å². The number of methoxy groups -OCH3 is 1. The first-order chi connectivity index (χ1) is 12.4. The molecular formula is C20H22N2O4. The highest BCUT2D eigenvalue weighted by Crippen LogP contribution is 2.39. The van der Waals surface area contributed by atoms with Crippen molar-refractivity contribution in [3.63, 3.8) is 0 Å². The molecule has 1 aliphatic rings. The van der Waals surface area contributed by atoms with E-state index < -0.39 is 18.0 Å². The van der Waals surface area contributed by atoms with Crippen LogP contribution in [0.15, 0.2) is 48.5 Å². The van der Waals surface area contributed by atoms with E-state index in [2.05, 4.69) is 0 Å². The first-order valence-corrected chi connectivity index (χ1v) is 8.56. The molecule has 0 aliphatic carbocycles. The Balaban J connectivity index is 1.97. The zero-order valence-corrected chi connectivity index (χ0v) is 15.1. The molecule has 1 saturated heterocycles. The van der Waals surface area contributed by atoms with Crippen LogP contribution in [0, 0.1) is 23.0 Å². The number of ether oxygens (including phenoxy) is 1. The molecule has 1 aliphatic heterocycles. The highest BCUT2D eigenvalue weighted by molar-refractivity contribution is 5.82. The van der Waals surface area contributed by atoms with Gasteiger partial charge in [-0.15, -0.1) is 0 Å².